The van der Waals surface area contributed by atoms with Gasteiger partial charge in [-0.25, -0.2) is 4.39 Å². The second-order valence-corrected chi connectivity index (χ2v) is 5.86. The van der Waals surface area contributed by atoms with Crippen molar-refractivity contribution in [1.29, 1.82) is 0 Å². The van der Waals surface area contributed by atoms with Gasteiger partial charge in [0.1, 0.15) is 5.82 Å². The SMILES string of the molecule is Cc1ccc(C(Cc2ccc(F)cc2Br)NN)cc1C. The summed E-state index contributed by atoms with van der Waals surface area (Å²) < 4.78 is 13.9. The Kier molecular flexibility index (Phi) is 4.91. The van der Waals surface area contributed by atoms with Crippen molar-refractivity contribution in [2.24, 2.45) is 5.84 Å². The summed E-state index contributed by atoms with van der Waals surface area (Å²) in [6.45, 7) is 4.17. The first kappa shape index (κ1) is 15.2. The van der Waals surface area contributed by atoms with E-state index in [1.165, 1.54) is 23.3 Å². The standard InChI is InChI=1S/C16H18BrFN2/c1-10-3-4-13(7-11(10)2)16(20-19)8-12-5-6-14(18)9-15(12)17/h3-7,9,16,20H,8,19H2,1-2H3. The van der Waals surface area contributed by atoms with E-state index in [4.69, 9.17) is 5.84 Å². The molecule has 0 saturated heterocycles. The van der Waals surface area contributed by atoms with Crippen LogP contribution in [0.5, 0.6) is 0 Å². The fourth-order valence-electron chi connectivity index (χ4n) is 2.16. The molecule has 0 aliphatic carbocycles. The summed E-state index contributed by atoms with van der Waals surface area (Å²) in [5.41, 5.74) is 7.49. The van der Waals surface area contributed by atoms with Gasteiger partial charge in [0.05, 0.1) is 6.04 Å². The highest BCUT2D eigenvalue weighted by Crippen LogP contribution is 2.25. The van der Waals surface area contributed by atoms with Crippen LogP contribution in [0.3, 0.4) is 0 Å². The highest BCUT2D eigenvalue weighted by molar-refractivity contribution is 9.10. The van der Waals surface area contributed by atoms with Crippen LogP contribution in [-0.2, 0) is 6.42 Å². The average molecular weight is 337 g/mol. The van der Waals surface area contributed by atoms with E-state index in [0.29, 0.717) is 6.42 Å². The van der Waals surface area contributed by atoms with Crippen LogP contribution in [0, 0.1) is 19.7 Å². The van der Waals surface area contributed by atoms with Crippen LogP contribution in [0.4, 0.5) is 4.39 Å². The van der Waals surface area contributed by atoms with Crippen molar-refractivity contribution < 1.29 is 4.39 Å². The predicted molar refractivity (Wildman–Crippen MR) is 83.8 cm³/mol. The lowest BCUT2D eigenvalue weighted by atomic mass is 9.96. The minimum Gasteiger partial charge on any atom is -0.271 e. The molecule has 0 aliphatic heterocycles. The Labute approximate surface area is 127 Å². The first-order valence-electron chi connectivity index (χ1n) is 6.48. The Balaban J connectivity index is 2.26. The van der Waals surface area contributed by atoms with Crippen molar-refractivity contribution in [3.05, 3.63) is 68.9 Å². The quantitative estimate of drug-likeness (QED) is 0.655. The van der Waals surface area contributed by atoms with Gasteiger partial charge in [0.2, 0.25) is 0 Å². The molecule has 2 aromatic rings. The van der Waals surface area contributed by atoms with E-state index in [1.807, 2.05) is 0 Å². The van der Waals surface area contributed by atoms with Crippen LogP contribution in [0.2, 0.25) is 0 Å². The van der Waals surface area contributed by atoms with Gasteiger partial charge in [0.15, 0.2) is 0 Å². The third-order valence-corrected chi connectivity index (χ3v) is 4.31. The molecule has 1 atom stereocenters. The molecular formula is C16H18BrFN2. The van der Waals surface area contributed by atoms with Crippen molar-refractivity contribution >= 4 is 15.9 Å². The normalized spacial score (nSPS) is 12.4. The molecule has 0 spiro atoms. The zero-order chi connectivity index (χ0) is 14.7. The number of benzene rings is 2. The molecule has 0 radical (unpaired) electrons. The fourth-order valence-corrected chi connectivity index (χ4v) is 2.67. The van der Waals surface area contributed by atoms with E-state index in [9.17, 15) is 4.39 Å². The lowest BCUT2D eigenvalue weighted by Gasteiger charge is -2.18. The fraction of sp³-hybridized carbons (Fsp3) is 0.250. The van der Waals surface area contributed by atoms with Crippen molar-refractivity contribution in [1.82, 2.24) is 5.43 Å². The van der Waals surface area contributed by atoms with E-state index in [1.54, 1.807) is 6.07 Å². The smallest absolute Gasteiger partial charge is 0.124 e. The van der Waals surface area contributed by atoms with Crippen LogP contribution >= 0.6 is 15.9 Å². The maximum atomic E-state index is 13.1. The van der Waals surface area contributed by atoms with Crippen LogP contribution in [0.1, 0.15) is 28.3 Å². The third-order valence-electron chi connectivity index (χ3n) is 3.57. The van der Waals surface area contributed by atoms with Crippen LogP contribution in [0.15, 0.2) is 40.9 Å². The Hall–Kier alpha value is -1.23. The van der Waals surface area contributed by atoms with Gasteiger partial charge in [-0.3, -0.25) is 11.3 Å². The zero-order valence-corrected chi connectivity index (χ0v) is 13.2. The van der Waals surface area contributed by atoms with Crippen LogP contribution in [-0.4, -0.2) is 0 Å². The van der Waals surface area contributed by atoms with Crippen molar-refractivity contribution in [2.45, 2.75) is 26.3 Å². The van der Waals surface area contributed by atoms with Crippen molar-refractivity contribution in [3.8, 4) is 0 Å². The summed E-state index contributed by atoms with van der Waals surface area (Å²) in [5.74, 6) is 5.44. The lowest BCUT2D eigenvalue weighted by Crippen LogP contribution is -2.29. The summed E-state index contributed by atoms with van der Waals surface area (Å²) >= 11 is 3.39. The van der Waals surface area contributed by atoms with Crippen LogP contribution < -0.4 is 11.3 Å². The van der Waals surface area contributed by atoms with Gasteiger partial charge in [-0.05, 0) is 54.7 Å². The highest BCUT2D eigenvalue weighted by atomic mass is 79.9. The number of hydrazine groups is 1. The Morgan fingerprint density at radius 1 is 1.15 bits per heavy atom. The lowest BCUT2D eigenvalue weighted by molar-refractivity contribution is 0.549. The number of nitrogens with two attached hydrogens (primary N) is 1. The summed E-state index contributed by atoms with van der Waals surface area (Å²) in [5, 5.41) is 0. The van der Waals surface area contributed by atoms with Crippen molar-refractivity contribution in [3.63, 3.8) is 0 Å². The first-order valence-corrected chi connectivity index (χ1v) is 7.27. The number of hydrogen-bond acceptors (Lipinski definition) is 2. The molecule has 0 aliphatic rings. The Morgan fingerprint density at radius 2 is 1.90 bits per heavy atom. The van der Waals surface area contributed by atoms with E-state index in [0.717, 1.165) is 15.6 Å². The number of aryl methyl sites for hydroxylation is 2. The molecule has 0 saturated carbocycles. The molecule has 4 heteroatoms. The largest absolute Gasteiger partial charge is 0.271 e. The molecule has 0 heterocycles. The van der Waals surface area contributed by atoms with E-state index in [-0.39, 0.29) is 11.9 Å². The molecule has 1 unspecified atom stereocenters. The van der Waals surface area contributed by atoms with Gasteiger partial charge in [-0.1, -0.05) is 40.2 Å². The van der Waals surface area contributed by atoms with Crippen LogP contribution in [0.25, 0.3) is 0 Å². The molecule has 2 rings (SSSR count). The van der Waals surface area contributed by atoms with E-state index < -0.39 is 0 Å². The van der Waals surface area contributed by atoms with E-state index in [2.05, 4.69) is 53.4 Å². The predicted octanol–water partition coefficient (Wildman–Crippen LogP) is 3.95. The monoisotopic (exact) mass is 336 g/mol. The molecule has 20 heavy (non-hydrogen) atoms. The molecule has 3 N–H and O–H groups in total. The van der Waals surface area contributed by atoms with E-state index >= 15 is 0 Å². The minimum absolute atomic E-state index is 0.00365. The van der Waals surface area contributed by atoms with Gasteiger partial charge in [0, 0.05) is 4.47 Å². The summed E-state index contributed by atoms with van der Waals surface area (Å²) in [4.78, 5) is 0. The molecule has 0 bridgehead atoms. The second-order valence-electron chi connectivity index (χ2n) is 5.00. The van der Waals surface area contributed by atoms with Gasteiger partial charge < -0.3 is 0 Å². The maximum absolute atomic E-state index is 13.1. The number of halogens is 2. The third kappa shape index (κ3) is 3.45. The number of nitrogens with one attached hydrogen (secondary N) is 1. The Bertz CT molecular complexity index is 613. The Morgan fingerprint density at radius 3 is 2.50 bits per heavy atom. The maximum Gasteiger partial charge on any atom is 0.124 e. The zero-order valence-electron chi connectivity index (χ0n) is 11.6. The number of rotatable bonds is 4. The second kappa shape index (κ2) is 6.48. The average Bonchev–Trinajstić information content (AvgIpc) is 2.41. The van der Waals surface area contributed by atoms with Gasteiger partial charge in [-0.15, -0.1) is 0 Å². The topological polar surface area (TPSA) is 38.0 Å². The minimum atomic E-state index is -0.246. The highest BCUT2D eigenvalue weighted by Gasteiger charge is 2.13. The molecule has 2 nitrogen and oxygen atoms in total. The summed E-state index contributed by atoms with van der Waals surface area (Å²) in [6.07, 6.45) is 0.694. The molecule has 106 valence electrons. The van der Waals surface area contributed by atoms with Gasteiger partial charge >= 0.3 is 0 Å². The molecule has 0 amide bonds. The molecule has 0 fully saturated rings. The molecular weight excluding hydrogens is 319 g/mol. The summed E-state index contributed by atoms with van der Waals surface area (Å²) in [6, 6.07) is 11.0. The summed E-state index contributed by atoms with van der Waals surface area (Å²) in [7, 11) is 0. The molecule has 2 aromatic carbocycles. The first-order chi connectivity index (χ1) is 9.51. The van der Waals surface area contributed by atoms with Crippen molar-refractivity contribution in [2.75, 3.05) is 0 Å². The molecule has 0 aromatic heterocycles. The number of hydrogen-bond donors (Lipinski definition) is 2. The van der Waals surface area contributed by atoms with Gasteiger partial charge in [0.25, 0.3) is 0 Å². The van der Waals surface area contributed by atoms with Gasteiger partial charge in [-0.2, -0.15) is 0 Å².